The molecule has 1 aromatic heterocycles. The van der Waals surface area contributed by atoms with Crippen LogP contribution in [0.5, 0.6) is 5.75 Å². The lowest BCUT2D eigenvalue weighted by Crippen LogP contribution is -2.14. The number of ether oxygens (including phenoxy) is 1. The minimum Gasteiger partial charge on any atom is -0.494 e. The molecular weight excluding hydrogens is 404 g/mol. The fourth-order valence-electron chi connectivity index (χ4n) is 5.11. The Balaban J connectivity index is 1.39. The number of rotatable bonds is 15. The summed E-state index contributed by atoms with van der Waals surface area (Å²) in [6.07, 6.45) is 24.2. The lowest BCUT2D eigenvalue weighted by atomic mass is 9.77. The molecule has 0 unspecified atom stereocenters. The minimum atomic E-state index is 0.642. The maximum Gasteiger partial charge on any atom is 0.159 e. The number of hydrogen-bond acceptors (Lipinski definition) is 3. The summed E-state index contributed by atoms with van der Waals surface area (Å²) in [5, 5.41) is 0. The smallest absolute Gasteiger partial charge is 0.159 e. The highest BCUT2D eigenvalue weighted by Crippen LogP contribution is 2.37. The molecule has 182 valence electrons. The SMILES string of the molecule is CCCCCCCOc1ccc(-c2ncc(C3CCC(CCCCCCC)CC3)cn2)cc1. The molecule has 0 bridgehead atoms. The Bertz CT molecular complexity index is 748. The molecule has 0 saturated heterocycles. The molecule has 2 aromatic rings. The standard InChI is InChI=1S/C30H46N2O/c1-3-5-7-9-11-13-25-14-16-26(17-15-25)28-23-31-30(32-24-28)27-18-20-29(21-19-27)33-22-12-10-8-6-4-2/h18-21,23-26H,3-17,22H2,1-2H3. The zero-order valence-electron chi connectivity index (χ0n) is 21.2. The van der Waals surface area contributed by atoms with Gasteiger partial charge >= 0.3 is 0 Å². The quantitative estimate of drug-likeness (QED) is 0.254. The maximum absolute atomic E-state index is 5.88. The fraction of sp³-hybridized carbons (Fsp3) is 0.667. The van der Waals surface area contributed by atoms with E-state index >= 15 is 0 Å². The van der Waals surface area contributed by atoms with Crippen molar-refractivity contribution < 1.29 is 4.74 Å². The van der Waals surface area contributed by atoms with Crippen molar-refractivity contribution in [2.24, 2.45) is 5.92 Å². The first-order valence-electron chi connectivity index (χ1n) is 13.8. The normalized spacial score (nSPS) is 18.4. The second-order valence-electron chi connectivity index (χ2n) is 10.0. The van der Waals surface area contributed by atoms with Gasteiger partial charge < -0.3 is 4.74 Å². The van der Waals surface area contributed by atoms with Crippen molar-refractivity contribution in [2.75, 3.05) is 6.61 Å². The summed E-state index contributed by atoms with van der Waals surface area (Å²) in [6, 6.07) is 8.24. The van der Waals surface area contributed by atoms with Gasteiger partial charge in [-0.1, -0.05) is 78.1 Å². The van der Waals surface area contributed by atoms with Crippen molar-refractivity contribution in [3.8, 4) is 17.1 Å². The highest BCUT2D eigenvalue weighted by molar-refractivity contribution is 5.56. The molecule has 33 heavy (non-hydrogen) atoms. The van der Waals surface area contributed by atoms with Crippen LogP contribution in [-0.4, -0.2) is 16.6 Å². The Morgan fingerprint density at radius 2 is 1.33 bits per heavy atom. The third-order valence-electron chi connectivity index (χ3n) is 7.34. The van der Waals surface area contributed by atoms with Gasteiger partial charge in [0, 0.05) is 18.0 Å². The van der Waals surface area contributed by atoms with Crippen LogP contribution in [0, 0.1) is 5.92 Å². The molecule has 1 fully saturated rings. The van der Waals surface area contributed by atoms with Crippen molar-refractivity contribution in [3.63, 3.8) is 0 Å². The zero-order valence-corrected chi connectivity index (χ0v) is 21.2. The molecule has 3 rings (SSSR count). The van der Waals surface area contributed by atoms with Gasteiger partial charge in [0.1, 0.15) is 5.75 Å². The molecule has 1 heterocycles. The second kappa shape index (κ2) is 15.1. The topological polar surface area (TPSA) is 35.0 Å². The Labute approximate surface area is 202 Å². The van der Waals surface area contributed by atoms with Gasteiger partial charge in [-0.2, -0.15) is 0 Å². The van der Waals surface area contributed by atoms with E-state index < -0.39 is 0 Å². The zero-order chi connectivity index (χ0) is 23.1. The minimum absolute atomic E-state index is 0.642. The van der Waals surface area contributed by atoms with Crippen LogP contribution in [0.3, 0.4) is 0 Å². The summed E-state index contributed by atoms with van der Waals surface area (Å²) in [7, 11) is 0. The van der Waals surface area contributed by atoms with E-state index in [2.05, 4.69) is 38.4 Å². The van der Waals surface area contributed by atoms with Gasteiger partial charge in [-0.05, 0) is 73.8 Å². The van der Waals surface area contributed by atoms with Crippen LogP contribution in [0.15, 0.2) is 36.7 Å². The Hall–Kier alpha value is -1.90. The van der Waals surface area contributed by atoms with E-state index in [1.165, 1.54) is 95.5 Å². The van der Waals surface area contributed by atoms with Gasteiger partial charge in [0.15, 0.2) is 5.82 Å². The van der Waals surface area contributed by atoms with Gasteiger partial charge in [-0.15, -0.1) is 0 Å². The molecule has 1 saturated carbocycles. The number of unbranched alkanes of at least 4 members (excludes halogenated alkanes) is 8. The van der Waals surface area contributed by atoms with Crippen LogP contribution in [0.1, 0.15) is 122 Å². The third-order valence-corrected chi connectivity index (χ3v) is 7.34. The molecule has 0 aliphatic heterocycles. The van der Waals surface area contributed by atoms with Crippen molar-refractivity contribution in [2.45, 2.75) is 116 Å². The van der Waals surface area contributed by atoms with Gasteiger partial charge in [0.2, 0.25) is 0 Å². The van der Waals surface area contributed by atoms with Crippen LogP contribution in [-0.2, 0) is 0 Å². The van der Waals surface area contributed by atoms with E-state index in [9.17, 15) is 0 Å². The lowest BCUT2D eigenvalue weighted by molar-refractivity contribution is 0.301. The molecule has 1 aliphatic rings. The molecule has 1 aromatic carbocycles. The first-order valence-corrected chi connectivity index (χ1v) is 13.8. The summed E-state index contributed by atoms with van der Waals surface area (Å²) in [5.74, 6) is 3.34. The molecule has 0 radical (unpaired) electrons. The largest absolute Gasteiger partial charge is 0.494 e. The van der Waals surface area contributed by atoms with E-state index in [1.807, 2.05) is 12.1 Å². The van der Waals surface area contributed by atoms with Gasteiger partial charge in [-0.25, -0.2) is 9.97 Å². The molecule has 0 atom stereocenters. The van der Waals surface area contributed by atoms with Crippen molar-refractivity contribution in [1.82, 2.24) is 9.97 Å². The third kappa shape index (κ3) is 9.10. The predicted octanol–water partition coefficient (Wildman–Crippen LogP) is 9.13. The molecule has 1 aliphatic carbocycles. The molecule has 0 spiro atoms. The number of aromatic nitrogens is 2. The maximum atomic E-state index is 5.88. The predicted molar refractivity (Wildman–Crippen MR) is 140 cm³/mol. The van der Waals surface area contributed by atoms with Crippen LogP contribution >= 0.6 is 0 Å². The van der Waals surface area contributed by atoms with Crippen molar-refractivity contribution in [3.05, 3.63) is 42.2 Å². The van der Waals surface area contributed by atoms with Gasteiger partial charge in [0.25, 0.3) is 0 Å². The van der Waals surface area contributed by atoms with E-state index in [0.29, 0.717) is 5.92 Å². The summed E-state index contributed by atoms with van der Waals surface area (Å²) in [5.41, 5.74) is 2.38. The second-order valence-corrected chi connectivity index (χ2v) is 10.0. The highest BCUT2D eigenvalue weighted by atomic mass is 16.5. The van der Waals surface area contributed by atoms with Crippen molar-refractivity contribution in [1.29, 1.82) is 0 Å². The number of nitrogens with zero attached hydrogens (tertiary/aromatic N) is 2. The highest BCUT2D eigenvalue weighted by Gasteiger charge is 2.22. The summed E-state index contributed by atoms with van der Waals surface area (Å²) in [6.45, 7) is 5.34. The number of hydrogen-bond donors (Lipinski definition) is 0. The first kappa shape index (κ1) is 25.7. The van der Waals surface area contributed by atoms with Gasteiger partial charge in [0.05, 0.1) is 6.61 Å². The molecule has 0 amide bonds. The van der Waals surface area contributed by atoms with E-state index in [1.54, 1.807) is 0 Å². The fourth-order valence-corrected chi connectivity index (χ4v) is 5.11. The molecule has 3 heteroatoms. The van der Waals surface area contributed by atoms with Crippen LogP contribution in [0.25, 0.3) is 11.4 Å². The van der Waals surface area contributed by atoms with Crippen LogP contribution < -0.4 is 4.74 Å². The summed E-state index contributed by atoms with van der Waals surface area (Å²) < 4.78 is 5.88. The Morgan fingerprint density at radius 3 is 1.97 bits per heavy atom. The molecule has 3 nitrogen and oxygen atoms in total. The van der Waals surface area contributed by atoms with E-state index in [0.717, 1.165) is 36.1 Å². The summed E-state index contributed by atoms with van der Waals surface area (Å²) in [4.78, 5) is 9.41. The Morgan fingerprint density at radius 1 is 0.727 bits per heavy atom. The van der Waals surface area contributed by atoms with Crippen LogP contribution in [0.2, 0.25) is 0 Å². The van der Waals surface area contributed by atoms with Gasteiger partial charge in [-0.3, -0.25) is 0 Å². The average Bonchev–Trinajstić information content (AvgIpc) is 2.87. The van der Waals surface area contributed by atoms with E-state index in [-0.39, 0.29) is 0 Å². The summed E-state index contributed by atoms with van der Waals surface area (Å²) >= 11 is 0. The van der Waals surface area contributed by atoms with E-state index in [4.69, 9.17) is 14.7 Å². The molecule has 0 N–H and O–H groups in total. The van der Waals surface area contributed by atoms with Crippen molar-refractivity contribution >= 4 is 0 Å². The Kier molecular flexibility index (Phi) is 11.8. The lowest BCUT2D eigenvalue weighted by Gasteiger charge is -2.28. The average molecular weight is 451 g/mol. The van der Waals surface area contributed by atoms with Crippen LogP contribution in [0.4, 0.5) is 0 Å². The first-order chi connectivity index (χ1) is 16.3. The monoisotopic (exact) mass is 450 g/mol. The number of benzene rings is 1. The molecular formula is C30H46N2O.